The summed E-state index contributed by atoms with van der Waals surface area (Å²) in [6.45, 7) is 5.87. The van der Waals surface area contributed by atoms with Crippen LogP contribution in [0.4, 0.5) is 5.69 Å². The van der Waals surface area contributed by atoms with Gasteiger partial charge in [0.2, 0.25) is 0 Å². The summed E-state index contributed by atoms with van der Waals surface area (Å²) in [5, 5.41) is 6.69. The van der Waals surface area contributed by atoms with Gasteiger partial charge in [-0.3, -0.25) is 4.79 Å². The number of halogens is 3. The van der Waals surface area contributed by atoms with Crippen molar-refractivity contribution in [3.63, 3.8) is 0 Å². The number of anilines is 1. The van der Waals surface area contributed by atoms with Crippen LogP contribution in [-0.2, 0) is 8.14 Å². The standard InChI is InChI=1S/C10H9NO.C2H6.CH2.3HI.V/c1-2-7-8-5-3-4-6-9(8)11-10(7)12;1-2;;;;;/h2-6H,1H3,(H,11,12);1-2H3;1H2;3*1H;/q;;;;;;+3/p-3/b7-2-;;;;;;. The van der Waals surface area contributed by atoms with Crippen molar-refractivity contribution in [1.82, 2.24) is 0 Å². The second kappa shape index (κ2) is 9.91. The van der Waals surface area contributed by atoms with Crippen LogP contribution in [0.25, 0.3) is 5.57 Å². The van der Waals surface area contributed by atoms with Crippen LogP contribution in [0.15, 0.2) is 30.3 Å². The average molecular weight is 635 g/mol. The van der Waals surface area contributed by atoms with Crippen LogP contribution >= 0.6 is 59.9 Å². The van der Waals surface area contributed by atoms with Gasteiger partial charge in [0.1, 0.15) is 0 Å². The number of rotatable bonds is 0. The number of hydrogen-bond acceptors (Lipinski definition) is 1. The molecule has 1 aliphatic rings. The number of para-hydroxylation sites is 1. The van der Waals surface area contributed by atoms with E-state index in [1.165, 1.54) is 0 Å². The Balaban J connectivity index is 0.000000396. The van der Waals surface area contributed by atoms with Crippen molar-refractivity contribution in [1.29, 1.82) is 0 Å². The Bertz CT molecular complexity index is 500. The van der Waals surface area contributed by atoms with Crippen molar-refractivity contribution >= 4 is 82.3 Å². The molecular weight excluding hydrogens is 618 g/mol. The molecule has 1 amide bonds. The molecular formula is C13H17I3NOV. The first-order valence-electron chi connectivity index (χ1n) is 5.72. The van der Waals surface area contributed by atoms with Crippen LogP contribution in [-0.4, -0.2) is 11.1 Å². The summed E-state index contributed by atoms with van der Waals surface area (Å²) in [5.74, 6) is -0.00120. The van der Waals surface area contributed by atoms with E-state index in [2.05, 4.69) is 70.5 Å². The predicted molar refractivity (Wildman–Crippen MR) is 109 cm³/mol. The zero-order valence-corrected chi connectivity index (χ0v) is 19.0. The minimum absolute atomic E-state index is 0.00120. The number of fused-ring (bicyclic) bond motifs is 1. The van der Waals surface area contributed by atoms with Crippen LogP contribution in [0.3, 0.4) is 0 Å². The Hall–Kier alpha value is 1.07. The monoisotopic (exact) mass is 635 g/mol. The van der Waals surface area contributed by atoms with Gasteiger partial charge in [0, 0.05) is 16.8 Å². The second-order valence-corrected chi connectivity index (χ2v) is 48.2. The summed E-state index contributed by atoms with van der Waals surface area (Å²) in [7, 11) is 0. The van der Waals surface area contributed by atoms with Crippen molar-refractivity contribution in [2.75, 3.05) is 5.32 Å². The van der Waals surface area contributed by atoms with Gasteiger partial charge in [0.05, 0.1) is 0 Å². The molecule has 0 unspecified atom stereocenters. The molecule has 0 aromatic heterocycles. The quantitative estimate of drug-likeness (QED) is 0.289. The molecule has 0 atom stereocenters. The Kier molecular flexibility index (Phi) is 10.5. The first-order valence-corrected chi connectivity index (χ1v) is 20.2. The molecule has 1 N–H and O–H groups in total. The van der Waals surface area contributed by atoms with Gasteiger partial charge in [-0.15, -0.1) is 0 Å². The van der Waals surface area contributed by atoms with Crippen molar-refractivity contribution in [3.05, 3.63) is 35.9 Å². The van der Waals surface area contributed by atoms with Gasteiger partial charge in [-0.2, -0.15) is 0 Å². The van der Waals surface area contributed by atoms with E-state index in [0.29, 0.717) is 0 Å². The summed E-state index contributed by atoms with van der Waals surface area (Å²) < 4.78 is -1.22. The van der Waals surface area contributed by atoms with Crippen LogP contribution < -0.4 is 5.32 Å². The van der Waals surface area contributed by atoms with Gasteiger partial charge < -0.3 is 5.32 Å². The van der Waals surface area contributed by atoms with E-state index in [0.717, 1.165) is 16.8 Å². The fraction of sp³-hybridized carbons (Fsp3) is 0.231. The van der Waals surface area contributed by atoms with E-state index in [9.17, 15) is 4.79 Å². The maximum atomic E-state index is 11.3. The van der Waals surface area contributed by atoms with Gasteiger partial charge in [-0.05, 0) is 13.0 Å². The Labute approximate surface area is 150 Å². The summed E-state index contributed by atoms with van der Waals surface area (Å²) in [6, 6.07) is 7.70. The number of carbonyl (C=O) groups excluding carboxylic acids is 1. The zero-order valence-electron chi connectivity index (χ0n) is 11.1. The Morgan fingerprint density at radius 1 is 1.21 bits per heavy atom. The van der Waals surface area contributed by atoms with Crippen LogP contribution in [0.1, 0.15) is 26.3 Å². The van der Waals surface area contributed by atoms with E-state index in [1.807, 2.05) is 51.1 Å². The van der Waals surface area contributed by atoms with E-state index >= 15 is 0 Å². The van der Waals surface area contributed by atoms with Gasteiger partial charge in [0.25, 0.3) is 5.91 Å². The SMILES string of the molecule is C/C=C1\C(=O)Nc2ccccc21.CC.[CH2]=[V]([I])([I])[I]. The fourth-order valence-corrected chi connectivity index (χ4v) is 1.43. The molecule has 1 aromatic rings. The predicted octanol–water partition coefficient (Wildman–Crippen LogP) is 5.69. The average Bonchev–Trinajstić information content (AvgIpc) is 2.64. The maximum absolute atomic E-state index is 11.3. The van der Waals surface area contributed by atoms with Gasteiger partial charge in [-0.25, -0.2) is 0 Å². The third kappa shape index (κ3) is 8.18. The molecule has 0 fully saturated rings. The molecule has 0 bridgehead atoms. The van der Waals surface area contributed by atoms with Crippen LogP contribution in [0.2, 0.25) is 0 Å². The first-order chi connectivity index (χ1) is 8.83. The summed E-state index contributed by atoms with van der Waals surface area (Å²) in [6.07, 6.45) is 1.83. The topological polar surface area (TPSA) is 29.1 Å². The van der Waals surface area contributed by atoms with Crippen molar-refractivity contribution in [3.8, 4) is 0 Å². The Morgan fingerprint density at radius 3 is 2.16 bits per heavy atom. The van der Waals surface area contributed by atoms with Crippen LogP contribution in [0.5, 0.6) is 0 Å². The molecule has 106 valence electrons. The molecule has 1 aromatic carbocycles. The van der Waals surface area contributed by atoms with Gasteiger partial charge >= 0.3 is 68.5 Å². The molecule has 19 heavy (non-hydrogen) atoms. The molecule has 1 aliphatic heterocycles. The molecule has 0 spiro atoms. The number of nitrogens with one attached hydrogen (secondary N) is 1. The number of amides is 1. The molecule has 6 heteroatoms. The molecule has 0 saturated carbocycles. The van der Waals surface area contributed by atoms with E-state index in [-0.39, 0.29) is 5.91 Å². The van der Waals surface area contributed by atoms with E-state index in [4.69, 9.17) is 0 Å². The third-order valence-electron chi connectivity index (χ3n) is 2.00. The molecule has 1 heterocycles. The normalized spacial score (nSPS) is 14.6. The van der Waals surface area contributed by atoms with Gasteiger partial charge in [-0.1, -0.05) is 38.1 Å². The van der Waals surface area contributed by atoms with Crippen molar-refractivity contribution in [2.24, 2.45) is 0 Å². The minimum atomic E-state index is -1.22. The number of allylic oxidation sites excluding steroid dienone is 1. The third-order valence-corrected chi connectivity index (χ3v) is 2.00. The summed E-state index contributed by atoms with van der Waals surface area (Å²) in [4.78, 5) is 11.3. The van der Waals surface area contributed by atoms with E-state index in [1.54, 1.807) is 0 Å². The van der Waals surface area contributed by atoms with Crippen molar-refractivity contribution in [2.45, 2.75) is 20.8 Å². The van der Waals surface area contributed by atoms with Crippen molar-refractivity contribution < 1.29 is 8.14 Å². The van der Waals surface area contributed by atoms with Gasteiger partial charge in [0.15, 0.2) is 0 Å². The number of carbonyl (C=O) groups is 1. The molecule has 2 nitrogen and oxygen atoms in total. The summed E-state index contributed by atoms with van der Waals surface area (Å²) >= 11 is 7.23. The number of benzene rings is 1. The molecule has 0 radical (unpaired) electrons. The first kappa shape index (κ1) is 20.1. The van der Waals surface area contributed by atoms with Crippen LogP contribution in [0, 0.1) is 0 Å². The summed E-state index contributed by atoms with van der Waals surface area (Å²) in [5.41, 5.74) is 2.69. The molecule has 0 aliphatic carbocycles. The molecule has 2 rings (SSSR count). The fourth-order valence-electron chi connectivity index (χ4n) is 1.43. The van der Waals surface area contributed by atoms with E-state index < -0.39 is 3.34 Å². The zero-order chi connectivity index (χ0) is 15.1. The Morgan fingerprint density at radius 2 is 1.68 bits per heavy atom. The molecule has 0 saturated heterocycles. The second-order valence-electron chi connectivity index (χ2n) is 3.25. The number of hydrogen-bond donors (Lipinski definition) is 1.